The molecule has 19 heavy (non-hydrogen) atoms. The van der Waals surface area contributed by atoms with Crippen LogP contribution in [0, 0.1) is 0 Å². The van der Waals surface area contributed by atoms with E-state index in [0.717, 1.165) is 10.9 Å². The van der Waals surface area contributed by atoms with Crippen LogP contribution in [0.3, 0.4) is 0 Å². The quantitative estimate of drug-likeness (QED) is 0.849. The lowest BCUT2D eigenvalue weighted by Gasteiger charge is -2.17. The van der Waals surface area contributed by atoms with Gasteiger partial charge in [0.2, 0.25) is 5.91 Å². The number of carbonyl (C=O) groups is 2. The van der Waals surface area contributed by atoms with Gasteiger partial charge in [0.05, 0.1) is 11.1 Å². The fourth-order valence-electron chi connectivity index (χ4n) is 2.29. The second kappa shape index (κ2) is 5.26. The van der Waals surface area contributed by atoms with E-state index < -0.39 is 0 Å². The molecular weight excluding hydrogens is 240 g/mol. The molecule has 1 aromatic heterocycles. The van der Waals surface area contributed by atoms with Crippen LogP contribution >= 0.6 is 0 Å². The van der Waals surface area contributed by atoms with Crippen molar-refractivity contribution in [2.75, 3.05) is 13.1 Å². The van der Waals surface area contributed by atoms with Gasteiger partial charge in [-0.15, -0.1) is 0 Å². The highest BCUT2D eigenvalue weighted by atomic mass is 16.2. The fraction of sp³-hybridized carbons (Fsp3) is 0.333. The summed E-state index contributed by atoms with van der Waals surface area (Å²) in [5.41, 5.74) is 1.38. The monoisotopic (exact) mass is 258 g/mol. The lowest BCUT2D eigenvalue weighted by atomic mass is 10.1. The number of benzene rings is 1. The standard InChI is InChI=1S/C15H18N2O2/c1-4-16(5-2)15(19)13-10-17(11(3)18)14-9-7-6-8-12(13)14/h6-10H,4-5H2,1-3H3. The third-order valence-corrected chi connectivity index (χ3v) is 3.33. The van der Waals surface area contributed by atoms with Crippen molar-refractivity contribution < 1.29 is 9.59 Å². The summed E-state index contributed by atoms with van der Waals surface area (Å²) < 4.78 is 1.53. The maximum Gasteiger partial charge on any atom is 0.256 e. The molecule has 0 radical (unpaired) electrons. The first kappa shape index (κ1) is 13.3. The van der Waals surface area contributed by atoms with Crippen molar-refractivity contribution in [3.63, 3.8) is 0 Å². The predicted molar refractivity (Wildman–Crippen MR) is 75.5 cm³/mol. The number of para-hydroxylation sites is 1. The number of carbonyl (C=O) groups excluding carboxylic acids is 2. The van der Waals surface area contributed by atoms with Crippen molar-refractivity contribution in [2.24, 2.45) is 0 Å². The van der Waals surface area contributed by atoms with Crippen LogP contribution in [0.15, 0.2) is 30.5 Å². The summed E-state index contributed by atoms with van der Waals surface area (Å²) in [5, 5.41) is 0.828. The lowest BCUT2D eigenvalue weighted by molar-refractivity contribution is 0.0775. The molecule has 1 heterocycles. The summed E-state index contributed by atoms with van der Waals surface area (Å²) in [6.07, 6.45) is 1.65. The number of amides is 1. The van der Waals surface area contributed by atoms with Crippen LogP contribution in [0.25, 0.3) is 10.9 Å². The van der Waals surface area contributed by atoms with Crippen LogP contribution in [-0.4, -0.2) is 34.4 Å². The molecule has 1 aromatic carbocycles. The molecule has 2 rings (SSSR count). The molecule has 100 valence electrons. The summed E-state index contributed by atoms with van der Waals surface area (Å²) in [5.74, 6) is -0.115. The summed E-state index contributed by atoms with van der Waals surface area (Å²) in [6, 6.07) is 7.49. The van der Waals surface area contributed by atoms with Crippen LogP contribution in [0.4, 0.5) is 0 Å². The largest absolute Gasteiger partial charge is 0.339 e. The summed E-state index contributed by atoms with van der Waals surface area (Å²) in [6.45, 7) is 6.72. The smallest absolute Gasteiger partial charge is 0.256 e. The minimum absolute atomic E-state index is 0.0267. The minimum Gasteiger partial charge on any atom is -0.339 e. The second-order valence-electron chi connectivity index (χ2n) is 4.43. The van der Waals surface area contributed by atoms with Gasteiger partial charge in [0, 0.05) is 31.6 Å². The molecule has 0 N–H and O–H groups in total. The van der Waals surface area contributed by atoms with E-state index in [1.54, 1.807) is 11.1 Å². The number of hydrogen-bond acceptors (Lipinski definition) is 2. The zero-order chi connectivity index (χ0) is 14.0. The second-order valence-corrected chi connectivity index (χ2v) is 4.43. The van der Waals surface area contributed by atoms with Gasteiger partial charge in [-0.2, -0.15) is 0 Å². The van der Waals surface area contributed by atoms with Crippen molar-refractivity contribution in [1.29, 1.82) is 0 Å². The zero-order valence-corrected chi connectivity index (χ0v) is 11.5. The van der Waals surface area contributed by atoms with Gasteiger partial charge in [-0.05, 0) is 19.9 Å². The molecule has 0 unspecified atom stereocenters. The van der Waals surface area contributed by atoms with Crippen LogP contribution in [0.5, 0.6) is 0 Å². The molecule has 0 spiro atoms. The molecule has 0 aliphatic rings. The van der Waals surface area contributed by atoms with Gasteiger partial charge >= 0.3 is 0 Å². The fourth-order valence-corrected chi connectivity index (χ4v) is 2.29. The van der Waals surface area contributed by atoms with Crippen molar-refractivity contribution in [1.82, 2.24) is 9.47 Å². The van der Waals surface area contributed by atoms with Gasteiger partial charge in [-0.25, -0.2) is 0 Å². The molecule has 0 fully saturated rings. The first-order chi connectivity index (χ1) is 9.10. The maximum atomic E-state index is 12.5. The molecule has 2 aromatic rings. The average molecular weight is 258 g/mol. The van der Waals surface area contributed by atoms with Gasteiger partial charge in [-0.3, -0.25) is 14.2 Å². The van der Waals surface area contributed by atoms with Crippen molar-refractivity contribution >= 4 is 22.7 Å². The molecule has 0 atom stereocenters. The molecule has 0 aliphatic heterocycles. The van der Waals surface area contributed by atoms with Crippen molar-refractivity contribution in [2.45, 2.75) is 20.8 Å². The highest BCUT2D eigenvalue weighted by Crippen LogP contribution is 2.22. The van der Waals surface area contributed by atoms with E-state index >= 15 is 0 Å². The molecule has 0 bridgehead atoms. The van der Waals surface area contributed by atoms with E-state index in [0.29, 0.717) is 18.7 Å². The highest BCUT2D eigenvalue weighted by molar-refractivity contribution is 6.09. The first-order valence-electron chi connectivity index (χ1n) is 6.50. The molecular formula is C15H18N2O2. The SMILES string of the molecule is CCN(CC)C(=O)c1cn(C(C)=O)c2ccccc12. The van der Waals surface area contributed by atoms with Crippen LogP contribution in [0.2, 0.25) is 0 Å². The van der Waals surface area contributed by atoms with E-state index in [-0.39, 0.29) is 11.8 Å². The van der Waals surface area contributed by atoms with E-state index in [4.69, 9.17) is 0 Å². The number of rotatable bonds is 3. The van der Waals surface area contributed by atoms with Gasteiger partial charge in [0.25, 0.3) is 5.91 Å². The lowest BCUT2D eigenvalue weighted by Crippen LogP contribution is -2.30. The number of nitrogens with zero attached hydrogens (tertiary/aromatic N) is 2. The van der Waals surface area contributed by atoms with Crippen LogP contribution < -0.4 is 0 Å². The molecule has 4 nitrogen and oxygen atoms in total. The predicted octanol–water partition coefficient (Wildman–Crippen LogP) is 2.78. The number of aromatic nitrogens is 1. The number of hydrogen-bond donors (Lipinski definition) is 0. The Morgan fingerprint density at radius 1 is 1.16 bits per heavy atom. The van der Waals surface area contributed by atoms with Gasteiger partial charge in [-0.1, -0.05) is 18.2 Å². The molecule has 0 saturated heterocycles. The minimum atomic E-state index is -0.0882. The average Bonchev–Trinajstić information content (AvgIpc) is 2.79. The molecule has 4 heteroatoms. The summed E-state index contributed by atoms with van der Waals surface area (Å²) >= 11 is 0. The van der Waals surface area contributed by atoms with Crippen molar-refractivity contribution in [3.05, 3.63) is 36.0 Å². The molecule has 1 amide bonds. The van der Waals surface area contributed by atoms with Crippen LogP contribution in [-0.2, 0) is 0 Å². The molecule has 0 aliphatic carbocycles. The summed E-state index contributed by atoms with van der Waals surface area (Å²) in [4.78, 5) is 25.9. The van der Waals surface area contributed by atoms with E-state index in [1.807, 2.05) is 38.1 Å². The van der Waals surface area contributed by atoms with Gasteiger partial charge in [0.1, 0.15) is 0 Å². The Balaban J connectivity index is 2.61. The normalized spacial score (nSPS) is 10.7. The zero-order valence-electron chi connectivity index (χ0n) is 11.5. The van der Waals surface area contributed by atoms with E-state index in [1.165, 1.54) is 11.5 Å². The Morgan fingerprint density at radius 2 is 1.79 bits per heavy atom. The van der Waals surface area contributed by atoms with Gasteiger partial charge in [0.15, 0.2) is 0 Å². The Bertz CT molecular complexity index is 624. The first-order valence-corrected chi connectivity index (χ1v) is 6.50. The third kappa shape index (κ3) is 2.26. The topological polar surface area (TPSA) is 42.3 Å². The Hall–Kier alpha value is -2.10. The maximum absolute atomic E-state index is 12.5. The van der Waals surface area contributed by atoms with E-state index in [2.05, 4.69) is 0 Å². The summed E-state index contributed by atoms with van der Waals surface area (Å²) in [7, 11) is 0. The Labute approximate surface area is 112 Å². The van der Waals surface area contributed by atoms with E-state index in [9.17, 15) is 9.59 Å². The van der Waals surface area contributed by atoms with Gasteiger partial charge < -0.3 is 4.90 Å². The number of fused-ring (bicyclic) bond motifs is 1. The highest BCUT2D eigenvalue weighted by Gasteiger charge is 2.19. The Morgan fingerprint density at radius 3 is 2.37 bits per heavy atom. The van der Waals surface area contributed by atoms with Crippen LogP contribution in [0.1, 0.15) is 35.9 Å². The van der Waals surface area contributed by atoms with Crippen molar-refractivity contribution in [3.8, 4) is 0 Å². The third-order valence-electron chi connectivity index (χ3n) is 3.33. The Kier molecular flexibility index (Phi) is 3.69. The molecule has 0 saturated carbocycles.